The Hall–Kier alpha value is -1.32. The van der Waals surface area contributed by atoms with Crippen molar-refractivity contribution in [1.29, 1.82) is 0 Å². The van der Waals surface area contributed by atoms with E-state index < -0.39 is 17.4 Å². The van der Waals surface area contributed by atoms with Gasteiger partial charge in [0.05, 0.1) is 5.41 Å². The van der Waals surface area contributed by atoms with Crippen LogP contribution in [0.4, 0.5) is 0 Å². The van der Waals surface area contributed by atoms with Crippen LogP contribution in [0.3, 0.4) is 0 Å². The van der Waals surface area contributed by atoms with Gasteiger partial charge in [0.15, 0.2) is 0 Å². The first kappa shape index (κ1) is 17.7. The van der Waals surface area contributed by atoms with Crippen LogP contribution in [0.25, 0.3) is 0 Å². The smallest absolute Gasteiger partial charge is 0.332 e. The van der Waals surface area contributed by atoms with Crippen LogP contribution in [0, 0.1) is 17.3 Å². The van der Waals surface area contributed by atoms with Crippen molar-refractivity contribution in [1.82, 2.24) is 0 Å². The lowest BCUT2D eigenvalue weighted by Gasteiger charge is -2.31. The van der Waals surface area contributed by atoms with Gasteiger partial charge in [-0.3, -0.25) is 4.79 Å². The molecule has 4 nitrogen and oxygen atoms in total. The molecule has 4 heteroatoms. The summed E-state index contributed by atoms with van der Waals surface area (Å²) in [6.45, 7) is 11.5. The number of rotatable bonds is 9. The summed E-state index contributed by atoms with van der Waals surface area (Å²) in [6, 6.07) is 0. The highest BCUT2D eigenvalue weighted by Gasteiger charge is 2.43. The van der Waals surface area contributed by atoms with Gasteiger partial charge in [0.25, 0.3) is 0 Å². The number of carbonyl (C=O) groups is 2. The van der Waals surface area contributed by atoms with E-state index in [1.807, 2.05) is 27.7 Å². The molecule has 0 aromatic carbocycles. The first-order chi connectivity index (χ1) is 8.63. The van der Waals surface area contributed by atoms with Crippen LogP contribution in [-0.4, -0.2) is 22.2 Å². The van der Waals surface area contributed by atoms with E-state index in [9.17, 15) is 14.7 Å². The van der Waals surface area contributed by atoms with Gasteiger partial charge in [-0.15, -0.1) is 0 Å². The first-order valence-corrected chi connectivity index (χ1v) is 6.79. The zero-order valence-corrected chi connectivity index (χ0v) is 12.4. The molecule has 0 aliphatic heterocycles. The van der Waals surface area contributed by atoms with Crippen molar-refractivity contribution in [3.8, 4) is 0 Å². The molecule has 0 saturated carbocycles. The zero-order chi connectivity index (χ0) is 15.2. The third kappa shape index (κ3) is 5.05. The molecular formula is C15H26O4. The molecule has 110 valence electrons. The normalized spacial score (nSPS) is 11.9. The maximum atomic E-state index is 11.7. The second-order valence-electron chi connectivity index (χ2n) is 6.04. The van der Waals surface area contributed by atoms with Gasteiger partial charge in [-0.1, -0.05) is 34.3 Å². The van der Waals surface area contributed by atoms with Gasteiger partial charge >= 0.3 is 11.9 Å². The Labute approximate surface area is 115 Å². The number of hydrogen-bond donors (Lipinski definition) is 2. The summed E-state index contributed by atoms with van der Waals surface area (Å²) in [5.41, 5.74) is -1.53. The molecule has 0 radical (unpaired) electrons. The topological polar surface area (TPSA) is 74.6 Å². The van der Waals surface area contributed by atoms with Gasteiger partial charge in [0.2, 0.25) is 0 Å². The van der Waals surface area contributed by atoms with E-state index in [1.54, 1.807) is 0 Å². The molecule has 0 heterocycles. The summed E-state index contributed by atoms with van der Waals surface area (Å²) in [5.74, 6) is -1.62. The fourth-order valence-corrected chi connectivity index (χ4v) is 2.04. The summed E-state index contributed by atoms with van der Waals surface area (Å²) in [5, 5.41) is 18.7. The van der Waals surface area contributed by atoms with Crippen LogP contribution in [0.1, 0.15) is 53.4 Å². The van der Waals surface area contributed by atoms with E-state index in [-0.39, 0.29) is 5.57 Å². The number of carboxylic acid groups (broad SMARTS) is 2. The Kier molecular flexibility index (Phi) is 6.81. The van der Waals surface area contributed by atoms with Crippen molar-refractivity contribution in [2.24, 2.45) is 17.3 Å². The minimum absolute atomic E-state index is 0.193. The van der Waals surface area contributed by atoms with Gasteiger partial charge < -0.3 is 10.2 Å². The molecule has 19 heavy (non-hydrogen) atoms. The average molecular weight is 270 g/mol. The average Bonchev–Trinajstić information content (AvgIpc) is 2.27. The van der Waals surface area contributed by atoms with E-state index in [1.165, 1.54) is 0 Å². The zero-order valence-electron chi connectivity index (χ0n) is 12.4. The summed E-state index contributed by atoms with van der Waals surface area (Å²) in [4.78, 5) is 22.8. The van der Waals surface area contributed by atoms with Gasteiger partial charge in [-0.25, -0.2) is 4.79 Å². The van der Waals surface area contributed by atoms with Crippen LogP contribution in [0.5, 0.6) is 0 Å². The Bertz CT molecular complexity index is 330. The predicted octanol–water partition coefficient (Wildman–Crippen LogP) is 3.57. The number of hydrogen-bond acceptors (Lipinski definition) is 2. The molecule has 0 aliphatic carbocycles. The second kappa shape index (κ2) is 7.31. The molecule has 0 aliphatic rings. The molecular weight excluding hydrogens is 244 g/mol. The van der Waals surface area contributed by atoms with Crippen molar-refractivity contribution in [2.75, 3.05) is 0 Å². The number of carboxylic acids is 2. The fourth-order valence-electron chi connectivity index (χ4n) is 2.04. The first-order valence-electron chi connectivity index (χ1n) is 6.79. The van der Waals surface area contributed by atoms with E-state index >= 15 is 0 Å². The van der Waals surface area contributed by atoms with E-state index in [4.69, 9.17) is 5.11 Å². The quantitative estimate of drug-likeness (QED) is 0.628. The van der Waals surface area contributed by atoms with Crippen LogP contribution >= 0.6 is 0 Å². The molecule has 0 fully saturated rings. The predicted molar refractivity (Wildman–Crippen MR) is 75.0 cm³/mol. The molecule has 0 unspecified atom stereocenters. The second-order valence-corrected chi connectivity index (χ2v) is 6.04. The van der Waals surface area contributed by atoms with Crippen LogP contribution in [0.2, 0.25) is 0 Å². The van der Waals surface area contributed by atoms with Crippen molar-refractivity contribution in [3.05, 3.63) is 12.2 Å². The Morgan fingerprint density at radius 2 is 1.37 bits per heavy atom. The molecule has 0 aromatic rings. The molecule has 0 spiro atoms. The van der Waals surface area contributed by atoms with Crippen molar-refractivity contribution in [2.45, 2.75) is 53.4 Å². The molecule has 2 N–H and O–H groups in total. The SMILES string of the molecule is C=C(C(=O)O)C(CCC(C)C)(CCC(C)C)C(=O)O. The third-order valence-corrected chi connectivity index (χ3v) is 3.54. The van der Waals surface area contributed by atoms with Gasteiger partial charge in [0, 0.05) is 5.57 Å². The van der Waals surface area contributed by atoms with Crippen molar-refractivity contribution < 1.29 is 19.8 Å². The summed E-state index contributed by atoms with van der Waals surface area (Å²) < 4.78 is 0. The lowest BCUT2D eigenvalue weighted by molar-refractivity contribution is -0.151. The molecule has 0 bridgehead atoms. The fraction of sp³-hybridized carbons (Fsp3) is 0.733. The van der Waals surface area contributed by atoms with E-state index in [2.05, 4.69) is 6.58 Å². The van der Waals surface area contributed by atoms with Crippen molar-refractivity contribution >= 4 is 11.9 Å². The lowest BCUT2D eigenvalue weighted by atomic mass is 9.71. The molecule has 0 saturated heterocycles. The third-order valence-electron chi connectivity index (χ3n) is 3.54. The van der Waals surface area contributed by atoms with Crippen LogP contribution < -0.4 is 0 Å². The van der Waals surface area contributed by atoms with E-state index in [0.29, 0.717) is 37.5 Å². The molecule has 0 amide bonds. The van der Waals surface area contributed by atoms with Gasteiger partial charge in [-0.2, -0.15) is 0 Å². The molecule has 0 aromatic heterocycles. The maximum absolute atomic E-state index is 11.7. The largest absolute Gasteiger partial charge is 0.481 e. The van der Waals surface area contributed by atoms with Crippen molar-refractivity contribution in [3.63, 3.8) is 0 Å². The Morgan fingerprint density at radius 1 is 1.00 bits per heavy atom. The summed E-state index contributed by atoms with van der Waals surface area (Å²) in [6.07, 6.45) is 2.02. The highest BCUT2D eigenvalue weighted by molar-refractivity contribution is 5.95. The molecule has 0 rings (SSSR count). The highest BCUT2D eigenvalue weighted by Crippen LogP contribution is 2.39. The Balaban J connectivity index is 5.28. The summed E-state index contributed by atoms with van der Waals surface area (Å²) >= 11 is 0. The van der Waals surface area contributed by atoms with E-state index in [0.717, 1.165) is 0 Å². The minimum atomic E-state index is -1.33. The maximum Gasteiger partial charge on any atom is 0.332 e. The standard InChI is InChI=1S/C15H26O4/c1-10(2)6-8-15(14(18)19,9-7-11(3)4)12(5)13(16)17/h10-11H,5-9H2,1-4H3,(H,16,17)(H,18,19). The number of aliphatic carboxylic acids is 2. The summed E-state index contributed by atoms with van der Waals surface area (Å²) in [7, 11) is 0. The Morgan fingerprint density at radius 3 is 1.58 bits per heavy atom. The van der Waals surface area contributed by atoms with Crippen LogP contribution in [-0.2, 0) is 9.59 Å². The van der Waals surface area contributed by atoms with Gasteiger partial charge in [-0.05, 0) is 37.5 Å². The monoisotopic (exact) mass is 270 g/mol. The minimum Gasteiger partial charge on any atom is -0.481 e. The van der Waals surface area contributed by atoms with Gasteiger partial charge in [0.1, 0.15) is 0 Å². The lowest BCUT2D eigenvalue weighted by Crippen LogP contribution is -2.36. The van der Waals surface area contributed by atoms with Crippen LogP contribution in [0.15, 0.2) is 12.2 Å². The highest BCUT2D eigenvalue weighted by atomic mass is 16.4. The molecule has 0 atom stereocenters.